The minimum absolute atomic E-state index is 0.126. The van der Waals surface area contributed by atoms with Crippen LogP contribution in [0.5, 0.6) is 0 Å². The molecular weight excluding hydrogens is 304 g/mol. The Bertz CT molecular complexity index is 610. The van der Waals surface area contributed by atoms with E-state index in [1.54, 1.807) is 0 Å². The Labute approximate surface area is 132 Å². The summed E-state index contributed by atoms with van der Waals surface area (Å²) in [6.07, 6.45) is 3.43. The van der Waals surface area contributed by atoms with Crippen LogP contribution in [-0.2, 0) is 4.74 Å². The van der Waals surface area contributed by atoms with Gasteiger partial charge in [0.15, 0.2) is 5.56 Å². The average Bonchev–Trinajstić information content (AvgIpc) is 2.54. The van der Waals surface area contributed by atoms with Gasteiger partial charge in [-0.15, -0.1) is 0 Å². The van der Waals surface area contributed by atoms with Gasteiger partial charge < -0.3 is 9.84 Å². The van der Waals surface area contributed by atoms with Gasteiger partial charge in [-0.3, -0.25) is 15.0 Å². The molecule has 1 heterocycles. The number of carboxylic acids is 1. The molecule has 124 valence electrons. The molecular formula is C15H18N2O6. The number of carbonyl (C=O) groups is 2. The normalized spacial score (nSPS) is 15.1. The Hall–Kier alpha value is -2.48. The number of rotatable bonds is 6. The zero-order valence-corrected chi connectivity index (χ0v) is 12.6. The molecule has 8 nitrogen and oxygen atoms in total. The van der Waals surface area contributed by atoms with Crippen LogP contribution in [0.4, 0.5) is 5.69 Å². The number of nitro benzene ring substituents is 1. The summed E-state index contributed by atoms with van der Waals surface area (Å²) in [6.45, 7) is 2.60. The highest BCUT2D eigenvalue weighted by Crippen LogP contribution is 2.23. The Balaban J connectivity index is 2.05. The van der Waals surface area contributed by atoms with E-state index < -0.39 is 28.1 Å². The van der Waals surface area contributed by atoms with Gasteiger partial charge in [-0.25, -0.2) is 9.59 Å². The van der Waals surface area contributed by atoms with Crippen LogP contribution in [0.15, 0.2) is 18.2 Å². The summed E-state index contributed by atoms with van der Waals surface area (Å²) < 4.78 is 5.09. The number of carbonyl (C=O) groups excluding carboxylic acids is 1. The van der Waals surface area contributed by atoms with Crippen molar-refractivity contribution in [3.05, 3.63) is 39.4 Å². The van der Waals surface area contributed by atoms with Crippen molar-refractivity contribution >= 4 is 17.6 Å². The van der Waals surface area contributed by atoms with Crippen molar-refractivity contribution in [2.75, 3.05) is 26.2 Å². The van der Waals surface area contributed by atoms with E-state index in [0.29, 0.717) is 6.54 Å². The number of nitrogens with zero attached hydrogens (tertiary/aromatic N) is 2. The first-order chi connectivity index (χ1) is 11.0. The molecule has 0 saturated carbocycles. The van der Waals surface area contributed by atoms with Gasteiger partial charge in [0.25, 0.3) is 5.69 Å². The van der Waals surface area contributed by atoms with Crippen molar-refractivity contribution in [1.82, 2.24) is 4.90 Å². The Morgan fingerprint density at radius 3 is 2.57 bits per heavy atom. The standard InChI is InChI=1S/C15H18N2O6/c18-14(19)13-11(5-4-6-12(13)17(21)22)15(20)23-10-9-16-7-2-1-3-8-16/h4-6H,1-3,7-10H2,(H,18,19). The van der Waals surface area contributed by atoms with Crippen LogP contribution in [0.3, 0.4) is 0 Å². The molecule has 0 aromatic heterocycles. The summed E-state index contributed by atoms with van der Waals surface area (Å²) in [5.41, 5.74) is -1.56. The van der Waals surface area contributed by atoms with Gasteiger partial charge in [-0.1, -0.05) is 12.5 Å². The Morgan fingerprint density at radius 2 is 1.96 bits per heavy atom. The Morgan fingerprint density at radius 1 is 1.26 bits per heavy atom. The number of nitro groups is 1. The van der Waals surface area contributed by atoms with E-state index in [0.717, 1.165) is 32.0 Å². The highest BCUT2D eigenvalue weighted by molar-refractivity contribution is 6.05. The summed E-state index contributed by atoms with van der Waals surface area (Å²) >= 11 is 0. The number of piperidine rings is 1. The van der Waals surface area contributed by atoms with Crippen molar-refractivity contribution in [2.45, 2.75) is 19.3 Å². The van der Waals surface area contributed by atoms with E-state index in [1.165, 1.54) is 18.6 Å². The van der Waals surface area contributed by atoms with E-state index in [4.69, 9.17) is 9.84 Å². The first-order valence-corrected chi connectivity index (χ1v) is 7.41. The topological polar surface area (TPSA) is 110 Å². The number of likely N-dealkylation sites (tertiary alicyclic amines) is 1. The highest BCUT2D eigenvalue weighted by Gasteiger charge is 2.27. The third kappa shape index (κ3) is 4.26. The largest absolute Gasteiger partial charge is 0.477 e. The maximum absolute atomic E-state index is 12.1. The number of aromatic carboxylic acids is 1. The lowest BCUT2D eigenvalue weighted by molar-refractivity contribution is -0.385. The number of benzene rings is 1. The summed E-state index contributed by atoms with van der Waals surface area (Å²) in [5, 5.41) is 20.1. The SMILES string of the molecule is O=C(OCCN1CCCCC1)c1cccc([N+](=O)[O-])c1C(=O)O. The quantitative estimate of drug-likeness (QED) is 0.484. The maximum Gasteiger partial charge on any atom is 0.343 e. The highest BCUT2D eigenvalue weighted by atomic mass is 16.6. The molecule has 0 bridgehead atoms. The molecule has 1 fully saturated rings. The molecule has 0 radical (unpaired) electrons. The number of ether oxygens (including phenoxy) is 1. The van der Waals surface area contributed by atoms with Crippen molar-refractivity contribution in [3.63, 3.8) is 0 Å². The first kappa shape index (κ1) is 16.9. The lowest BCUT2D eigenvalue weighted by atomic mass is 10.1. The molecule has 0 atom stereocenters. The van der Waals surface area contributed by atoms with Crippen molar-refractivity contribution < 1.29 is 24.4 Å². The molecule has 0 aliphatic carbocycles. The van der Waals surface area contributed by atoms with Crippen LogP contribution in [0.1, 0.15) is 40.0 Å². The zero-order chi connectivity index (χ0) is 16.8. The summed E-state index contributed by atoms with van der Waals surface area (Å²) in [6, 6.07) is 3.54. The van der Waals surface area contributed by atoms with Gasteiger partial charge in [0.05, 0.1) is 10.5 Å². The van der Waals surface area contributed by atoms with Gasteiger partial charge in [0.2, 0.25) is 0 Å². The molecule has 1 aromatic rings. The molecule has 1 aliphatic heterocycles. The monoisotopic (exact) mass is 322 g/mol. The van der Waals surface area contributed by atoms with Crippen molar-refractivity contribution in [3.8, 4) is 0 Å². The summed E-state index contributed by atoms with van der Waals surface area (Å²) in [7, 11) is 0. The fourth-order valence-electron chi connectivity index (χ4n) is 2.62. The second kappa shape index (κ2) is 7.68. The van der Waals surface area contributed by atoms with Gasteiger partial charge in [0.1, 0.15) is 6.61 Å². The zero-order valence-electron chi connectivity index (χ0n) is 12.6. The van der Waals surface area contributed by atoms with E-state index >= 15 is 0 Å². The van der Waals surface area contributed by atoms with Crippen LogP contribution >= 0.6 is 0 Å². The van der Waals surface area contributed by atoms with Crippen LogP contribution in [0, 0.1) is 10.1 Å². The molecule has 23 heavy (non-hydrogen) atoms. The van der Waals surface area contributed by atoms with E-state index in [1.807, 2.05) is 0 Å². The predicted molar refractivity (Wildman–Crippen MR) is 80.6 cm³/mol. The van der Waals surface area contributed by atoms with Gasteiger partial charge in [0, 0.05) is 12.6 Å². The number of hydrogen-bond acceptors (Lipinski definition) is 6. The molecule has 0 amide bonds. The van der Waals surface area contributed by atoms with Crippen LogP contribution in [0.2, 0.25) is 0 Å². The number of esters is 1. The molecule has 1 aromatic carbocycles. The smallest absolute Gasteiger partial charge is 0.343 e. The first-order valence-electron chi connectivity index (χ1n) is 7.41. The molecule has 0 unspecified atom stereocenters. The minimum atomic E-state index is -1.53. The molecule has 1 N–H and O–H groups in total. The van der Waals surface area contributed by atoms with E-state index in [-0.39, 0.29) is 12.2 Å². The fourth-order valence-corrected chi connectivity index (χ4v) is 2.62. The van der Waals surface area contributed by atoms with Crippen molar-refractivity contribution in [2.24, 2.45) is 0 Å². The predicted octanol–water partition coefficient (Wildman–Crippen LogP) is 1.94. The van der Waals surface area contributed by atoms with Gasteiger partial charge in [-0.05, 0) is 32.0 Å². The third-order valence-corrected chi connectivity index (χ3v) is 3.76. The second-order valence-electron chi connectivity index (χ2n) is 5.30. The number of carboxylic acid groups (broad SMARTS) is 1. The lowest BCUT2D eigenvalue weighted by Gasteiger charge is -2.25. The second-order valence-corrected chi connectivity index (χ2v) is 5.30. The summed E-state index contributed by atoms with van der Waals surface area (Å²) in [4.78, 5) is 35.6. The van der Waals surface area contributed by atoms with Crippen LogP contribution in [-0.4, -0.2) is 53.1 Å². The maximum atomic E-state index is 12.1. The molecule has 8 heteroatoms. The molecule has 2 rings (SSSR count). The fraction of sp³-hybridized carbons (Fsp3) is 0.467. The molecule has 1 saturated heterocycles. The lowest BCUT2D eigenvalue weighted by Crippen LogP contribution is -2.33. The molecule has 1 aliphatic rings. The van der Waals surface area contributed by atoms with Crippen molar-refractivity contribution in [1.29, 1.82) is 0 Å². The van der Waals surface area contributed by atoms with E-state index in [2.05, 4.69) is 4.90 Å². The number of hydrogen-bond donors (Lipinski definition) is 1. The van der Waals surface area contributed by atoms with Gasteiger partial charge in [-0.2, -0.15) is 0 Å². The minimum Gasteiger partial charge on any atom is -0.477 e. The van der Waals surface area contributed by atoms with Gasteiger partial charge >= 0.3 is 11.9 Å². The Kier molecular flexibility index (Phi) is 5.64. The average molecular weight is 322 g/mol. The van der Waals surface area contributed by atoms with Crippen LogP contribution in [0.25, 0.3) is 0 Å². The molecule has 0 spiro atoms. The van der Waals surface area contributed by atoms with E-state index in [9.17, 15) is 19.7 Å². The third-order valence-electron chi connectivity index (χ3n) is 3.76. The summed E-state index contributed by atoms with van der Waals surface area (Å²) in [5.74, 6) is -2.39. The van der Waals surface area contributed by atoms with Crippen LogP contribution < -0.4 is 0 Å².